The van der Waals surface area contributed by atoms with E-state index in [2.05, 4.69) is 39.8 Å². The van der Waals surface area contributed by atoms with Crippen molar-refractivity contribution in [2.45, 2.75) is 56.8 Å². The second-order valence-corrected chi connectivity index (χ2v) is 10.8. The number of carbonyl (C=O) groups excluding carboxylic acids is 1. The molecule has 1 unspecified atom stereocenters. The molecule has 0 aliphatic carbocycles. The Balaban J connectivity index is 1.66. The molecule has 1 aliphatic heterocycles. The molecule has 0 N–H and O–H groups in total. The minimum Gasteiger partial charge on any atom is -0.376 e. The number of aryl methyl sites for hydroxylation is 2. The van der Waals surface area contributed by atoms with Crippen LogP contribution in [-0.4, -0.2) is 35.4 Å². The van der Waals surface area contributed by atoms with Crippen LogP contribution in [-0.2, 0) is 4.74 Å². The van der Waals surface area contributed by atoms with Crippen LogP contribution in [0.25, 0.3) is 10.2 Å². The number of benzene rings is 2. The Morgan fingerprint density at radius 2 is 1.97 bits per heavy atom. The average molecular weight is 441 g/mol. The molecule has 158 valence electrons. The highest BCUT2D eigenvalue weighted by atomic mass is 32.2. The molecule has 30 heavy (non-hydrogen) atoms. The number of rotatable bonds is 6. The minimum atomic E-state index is -0.0147. The molecule has 6 heteroatoms. The van der Waals surface area contributed by atoms with Gasteiger partial charge >= 0.3 is 0 Å². The zero-order valence-electron chi connectivity index (χ0n) is 18.0. The van der Waals surface area contributed by atoms with Crippen LogP contribution < -0.4 is 4.90 Å². The molecule has 1 amide bonds. The molecule has 0 bridgehead atoms. The molecule has 2 heterocycles. The van der Waals surface area contributed by atoms with Gasteiger partial charge in [0, 0.05) is 22.3 Å². The Labute approximate surface area is 186 Å². The second-order valence-electron chi connectivity index (χ2n) is 8.14. The molecule has 4 nitrogen and oxygen atoms in total. The Morgan fingerprint density at radius 3 is 2.63 bits per heavy atom. The summed E-state index contributed by atoms with van der Waals surface area (Å²) in [4.78, 5) is 21.3. The van der Waals surface area contributed by atoms with E-state index < -0.39 is 0 Å². The third-order valence-electron chi connectivity index (χ3n) is 5.35. The van der Waals surface area contributed by atoms with E-state index in [0.29, 0.717) is 17.4 Å². The normalized spacial score (nSPS) is 16.5. The van der Waals surface area contributed by atoms with Gasteiger partial charge in [-0.15, -0.1) is 11.8 Å². The zero-order chi connectivity index (χ0) is 21.3. The van der Waals surface area contributed by atoms with Gasteiger partial charge in [0.05, 0.1) is 22.9 Å². The van der Waals surface area contributed by atoms with Gasteiger partial charge in [-0.2, -0.15) is 0 Å². The fourth-order valence-electron chi connectivity index (χ4n) is 3.63. The fraction of sp³-hybridized carbons (Fsp3) is 0.417. The molecule has 1 saturated heterocycles. The van der Waals surface area contributed by atoms with Crippen LogP contribution in [0.5, 0.6) is 0 Å². The Kier molecular flexibility index (Phi) is 6.46. The third-order valence-corrected chi connectivity index (χ3v) is 7.41. The zero-order valence-corrected chi connectivity index (χ0v) is 19.6. The summed E-state index contributed by atoms with van der Waals surface area (Å²) in [5.41, 5.74) is 4.10. The number of thioether (sulfide) groups is 1. The molecule has 0 radical (unpaired) electrons. The van der Waals surface area contributed by atoms with Gasteiger partial charge in [0.15, 0.2) is 5.13 Å². The number of hydrogen-bond donors (Lipinski definition) is 0. The number of aromatic nitrogens is 1. The Hall–Kier alpha value is -1.89. The standard InChI is InChI=1S/C24H28N2O2S2/c1-15(2)29-20-9-7-18(8-10-20)23(27)26(14-19-6-5-11-28-19)24-25-21-12-16(3)17(4)13-22(21)30-24/h7-10,12-13,15,19H,5-6,11,14H2,1-4H3. The van der Waals surface area contributed by atoms with Crippen molar-refractivity contribution in [3.05, 3.63) is 53.1 Å². The van der Waals surface area contributed by atoms with Crippen molar-refractivity contribution in [3.8, 4) is 0 Å². The summed E-state index contributed by atoms with van der Waals surface area (Å²) in [5, 5.41) is 1.26. The minimum absolute atomic E-state index is 0.0147. The summed E-state index contributed by atoms with van der Waals surface area (Å²) in [6.07, 6.45) is 2.10. The van der Waals surface area contributed by atoms with Gasteiger partial charge in [0.1, 0.15) is 0 Å². The maximum atomic E-state index is 13.5. The molecule has 0 saturated carbocycles. The van der Waals surface area contributed by atoms with E-state index in [1.807, 2.05) is 29.2 Å². The molecular formula is C24H28N2O2S2. The number of hydrogen-bond acceptors (Lipinski definition) is 5. The highest BCUT2D eigenvalue weighted by molar-refractivity contribution is 7.99. The topological polar surface area (TPSA) is 42.4 Å². The number of amides is 1. The largest absolute Gasteiger partial charge is 0.376 e. The van der Waals surface area contributed by atoms with Crippen LogP contribution in [0.3, 0.4) is 0 Å². The molecule has 2 aromatic carbocycles. The van der Waals surface area contributed by atoms with Crippen LogP contribution in [0, 0.1) is 13.8 Å². The van der Waals surface area contributed by atoms with E-state index in [-0.39, 0.29) is 12.0 Å². The number of carbonyl (C=O) groups is 1. The first-order valence-electron chi connectivity index (χ1n) is 10.5. The van der Waals surface area contributed by atoms with Crippen molar-refractivity contribution in [3.63, 3.8) is 0 Å². The molecule has 4 rings (SSSR count). The highest BCUT2D eigenvalue weighted by Crippen LogP contribution is 2.33. The molecular weight excluding hydrogens is 412 g/mol. The molecule has 0 spiro atoms. The second kappa shape index (κ2) is 9.08. The van der Waals surface area contributed by atoms with Gasteiger partial charge in [-0.3, -0.25) is 9.69 Å². The number of thiazole rings is 1. The average Bonchev–Trinajstić information content (AvgIpc) is 3.36. The lowest BCUT2D eigenvalue weighted by atomic mass is 10.1. The molecule has 1 aromatic heterocycles. The monoisotopic (exact) mass is 440 g/mol. The SMILES string of the molecule is Cc1cc2nc(N(CC3CCCO3)C(=O)c3ccc(SC(C)C)cc3)sc2cc1C. The van der Waals surface area contributed by atoms with Crippen molar-refractivity contribution in [1.29, 1.82) is 0 Å². The predicted octanol–water partition coefficient (Wildman–Crippen LogP) is 6.24. The van der Waals surface area contributed by atoms with E-state index in [9.17, 15) is 4.79 Å². The summed E-state index contributed by atoms with van der Waals surface area (Å²) in [5.74, 6) is -0.0147. The van der Waals surface area contributed by atoms with Crippen molar-refractivity contribution in [1.82, 2.24) is 4.98 Å². The summed E-state index contributed by atoms with van der Waals surface area (Å²) in [6, 6.07) is 12.2. The van der Waals surface area contributed by atoms with E-state index >= 15 is 0 Å². The Morgan fingerprint density at radius 1 is 1.23 bits per heavy atom. The molecule has 3 aromatic rings. The van der Waals surface area contributed by atoms with Crippen LogP contribution in [0.1, 0.15) is 48.2 Å². The maximum absolute atomic E-state index is 13.5. The van der Waals surface area contributed by atoms with Gasteiger partial charge in [-0.1, -0.05) is 25.2 Å². The first-order valence-corrected chi connectivity index (χ1v) is 12.2. The maximum Gasteiger partial charge on any atom is 0.260 e. The van der Waals surface area contributed by atoms with Gasteiger partial charge in [-0.25, -0.2) is 4.98 Å². The summed E-state index contributed by atoms with van der Waals surface area (Å²) in [7, 11) is 0. The number of anilines is 1. The lowest BCUT2D eigenvalue weighted by Crippen LogP contribution is -2.37. The summed E-state index contributed by atoms with van der Waals surface area (Å²) in [6.45, 7) is 9.86. The van der Waals surface area contributed by atoms with Crippen LogP contribution in [0.4, 0.5) is 5.13 Å². The van der Waals surface area contributed by atoms with Crippen molar-refractivity contribution >= 4 is 44.4 Å². The van der Waals surface area contributed by atoms with Crippen molar-refractivity contribution in [2.75, 3.05) is 18.1 Å². The highest BCUT2D eigenvalue weighted by Gasteiger charge is 2.27. The predicted molar refractivity (Wildman–Crippen MR) is 127 cm³/mol. The van der Waals surface area contributed by atoms with Gasteiger partial charge < -0.3 is 4.74 Å². The van der Waals surface area contributed by atoms with E-state index in [1.54, 1.807) is 23.1 Å². The lowest BCUT2D eigenvalue weighted by molar-refractivity contribution is 0.0917. The first-order chi connectivity index (χ1) is 14.4. The lowest BCUT2D eigenvalue weighted by Gasteiger charge is -2.23. The quantitative estimate of drug-likeness (QED) is 0.426. The number of ether oxygens (including phenoxy) is 1. The van der Waals surface area contributed by atoms with Crippen LogP contribution in [0.15, 0.2) is 41.3 Å². The van der Waals surface area contributed by atoms with Gasteiger partial charge in [-0.05, 0) is 74.2 Å². The number of fused-ring (bicyclic) bond motifs is 1. The fourth-order valence-corrected chi connectivity index (χ4v) is 5.52. The van der Waals surface area contributed by atoms with E-state index in [0.717, 1.165) is 34.8 Å². The summed E-state index contributed by atoms with van der Waals surface area (Å²) >= 11 is 3.38. The summed E-state index contributed by atoms with van der Waals surface area (Å²) < 4.78 is 6.96. The first kappa shape index (κ1) is 21.3. The third kappa shape index (κ3) is 4.71. The van der Waals surface area contributed by atoms with Crippen molar-refractivity contribution < 1.29 is 9.53 Å². The van der Waals surface area contributed by atoms with Gasteiger partial charge in [0.2, 0.25) is 0 Å². The molecule has 1 atom stereocenters. The molecule has 1 fully saturated rings. The molecule has 1 aliphatic rings. The number of nitrogens with zero attached hydrogens (tertiary/aromatic N) is 2. The van der Waals surface area contributed by atoms with E-state index in [1.165, 1.54) is 16.0 Å². The van der Waals surface area contributed by atoms with Crippen molar-refractivity contribution in [2.24, 2.45) is 0 Å². The van der Waals surface area contributed by atoms with Gasteiger partial charge in [0.25, 0.3) is 5.91 Å². The van der Waals surface area contributed by atoms with E-state index in [4.69, 9.17) is 9.72 Å². The Bertz CT molecular complexity index is 998. The van der Waals surface area contributed by atoms with Crippen LogP contribution >= 0.6 is 23.1 Å². The van der Waals surface area contributed by atoms with Crippen LogP contribution in [0.2, 0.25) is 0 Å². The smallest absolute Gasteiger partial charge is 0.260 e.